The van der Waals surface area contributed by atoms with Gasteiger partial charge >= 0.3 is 5.97 Å². The number of hydrogen-bond acceptors (Lipinski definition) is 6. The Bertz CT molecular complexity index is 611. The Balaban J connectivity index is 1.67. The number of rotatable bonds is 6. The minimum atomic E-state index is -0.588. The average molecular weight is 289 g/mol. The number of nitrogens with zero attached hydrogens (tertiary/aromatic N) is 3. The fourth-order valence-electron chi connectivity index (χ4n) is 1.56. The number of hydrogen-bond donors (Lipinski definition) is 2. The van der Waals surface area contributed by atoms with Crippen molar-refractivity contribution >= 4 is 17.8 Å². The van der Waals surface area contributed by atoms with Crippen molar-refractivity contribution in [2.45, 2.75) is 13.1 Å². The number of nitrogens with two attached hydrogens (primary N) is 1. The lowest BCUT2D eigenvalue weighted by molar-refractivity contribution is -0.149. The zero-order valence-electron chi connectivity index (χ0n) is 11.2. The highest BCUT2D eigenvalue weighted by molar-refractivity contribution is 5.80. The molecule has 0 unspecified atom stereocenters. The second-order valence-corrected chi connectivity index (χ2v) is 4.22. The van der Waals surface area contributed by atoms with E-state index in [9.17, 15) is 9.59 Å². The molecule has 1 amide bonds. The molecule has 0 spiro atoms. The van der Waals surface area contributed by atoms with Crippen molar-refractivity contribution in [2.24, 2.45) is 0 Å². The van der Waals surface area contributed by atoms with Gasteiger partial charge in [-0.25, -0.2) is 9.67 Å². The Morgan fingerprint density at radius 3 is 2.71 bits per heavy atom. The van der Waals surface area contributed by atoms with E-state index < -0.39 is 5.97 Å². The van der Waals surface area contributed by atoms with Gasteiger partial charge in [-0.2, -0.15) is 0 Å². The average Bonchev–Trinajstić information content (AvgIpc) is 2.89. The maximum Gasteiger partial charge on any atom is 0.328 e. The topological polar surface area (TPSA) is 112 Å². The van der Waals surface area contributed by atoms with Crippen LogP contribution in [0.3, 0.4) is 0 Å². The van der Waals surface area contributed by atoms with Crippen molar-refractivity contribution in [3.63, 3.8) is 0 Å². The van der Waals surface area contributed by atoms with E-state index in [1.807, 2.05) is 30.3 Å². The minimum Gasteiger partial charge on any atom is -0.454 e. The quantitative estimate of drug-likeness (QED) is 0.707. The van der Waals surface area contributed by atoms with Gasteiger partial charge in [0.25, 0.3) is 5.91 Å². The molecule has 2 aromatic rings. The monoisotopic (exact) mass is 289 g/mol. The van der Waals surface area contributed by atoms with Gasteiger partial charge in [-0.1, -0.05) is 30.3 Å². The first-order chi connectivity index (χ1) is 10.1. The second-order valence-electron chi connectivity index (χ2n) is 4.22. The lowest BCUT2D eigenvalue weighted by atomic mass is 10.2. The molecule has 8 nitrogen and oxygen atoms in total. The van der Waals surface area contributed by atoms with Crippen LogP contribution in [0.4, 0.5) is 5.95 Å². The summed E-state index contributed by atoms with van der Waals surface area (Å²) < 4.78 is 6.06. The lowest BCUT2D eigenvalue weighted by Crippen LogP contribution is -2.29. The summed E-state index contributed by atoms with van der Waals surface area (Å²) in [4.78, 5) is 26.7. The Morgan fingerprint density at radius 1 is 1.29 bits per heavy atom. The third-order valence-electron chi connectivity index (χ3n) is 2.54. The Hall–Kier alpha value is -2.90. The van der Waals surface area contributed by atoms with Gasteiger partial charge in [0.1, 0.15) is 12.9 Å². The molecule has 8 heteroatoms. The molecule has 110 valence electrons. The van der Waals surface area contributed by atoms with Gasteiger partial charge in [0.15, 0.2) is 6.61 Å². The van der Waals surface area contributed by atoms with Crippen molar-refractivity contribution in [2.75, 3.05) is 12.3 Å². The van der Waals surface area contributed by atoms with E-state index in [0.29, 0.717) is 6.54 Å². The van der Waals surface area contributed by atoms with Gasteiger partial charge in [0, 0.05) is 6.54 Å². The SMILES string of the molecule is Nc1ncn(CC(=O)OCC(=O)NCc2ccccc2)n1. The number of benzene rings is 1. The van der Waals surface area contributed by atoms with Gasteiger partial charge in [-0.15, -0.1) is 5.10 Å². The molecule has 3 N–H and O–H groups in total. The molecule has 0 bridgehead atoms. The van der Waals surface area contributed by atoms with E-state index in [4.69, 9.17) is 10.5 Å². The molecule has 1 aromatic heterocycles. The van der Waals surface area contributed by atoms with E-state index in [-0.39, 0.29) is 25.0 Å². The van der Waals surface area contributed by atoms with Gasteiger partial charge < -0.3 is 15.8 Å². The molecular weight excluding hydrogens is 274 g/mol. The molecule has 0 aliphatic carbocycles. The van der Waals surface area contributed by atoms with Crippen LogP contribution in [0, 0.1) is 0 Å². The van der Waals surface area contributed by atoms with E-state index >= 15 is 0 Å². The summed E-state index contributed by atoms with van der Waals surface area (Å²) in [5.74, 6) is -0.886. The number of carbonyl (C=O) groups excluding carboxylic acids is 2. The molecule has 0 saturated heterocycles. The molecular formula is C13H15N5O3. The predicted octanol–water partition coefficient (Wildman–Crippen LogP) is -0.280. The van der Waals surface area contributed by atoms with E-state index in [1.54, 1.807) is 0 Å². The van der Waals surface area contributed by atoms with Crippen LogP contribution in [0.5, 0.6) is 0 Å². The molecule has 0 atom stereocenters. The fraction of sp³-hybridized carbons (Fsp3) is 0.231. The highest BCUT2D eigenvalue weighted by Gasteiger charge is 2.09. The van der Waals surface area contributed by atoms with Gasteiger partial charge in [-0.3, -0.25) is 9.59 Å². The first-order valence-electron chi connectivity index (χ1n) is 6.24. The molecule has 1 aromatic carbocycles. The molecule has 0 radical (unpaired) electrons. The lowest BCUT2D eigenvalue weighted by Gasteiger charge is -2.06. The predicted molar refractivity (Wildman–Crippen MR) is 73.7 cm³/mol. The molecule has 0 aliphatic rings. The summed E-state index contributed by atoms with van der Waals surface area (Å²) in [5, 5.41) is 6.39. The summed E-state index contributed by atoms with van der Waals surface area (Å²) in [5.41, 5.74) is 6.28. The Labute approximate surface area is 120 Å². The number of nitrogen functional groups attached to an aromatic ring is 1. The summed E-state index contributed by atoms with van der Waals surface area (Å²) in [7, 11) is 0. The smallest absolute Gasteiger partial charge is 0.328 e. The van der Waals surface area contributed by atoms with E-state index in [1.165, 1.54) is 11.0 Å². The van der Waals surface area contributed by atoms with Gasteiger partial charge in [-0.05, 0) is 5.56 Å². The molecule has 1 heterocycles. The molecule has 0 saturated carbocycles. The van der Waals surface area contributed by atoms with Crippen molar-refractivity contribution in [3.05, 3.63) is 42.2 Å². The first-order valence-corrected chi connectivity index (χ1v) is 6.24. The fourth-order valence-corrected chi connectivity index (χ4v) is 1.56. The van der Waals surface area contributed by atoms with Crippen LogP contribution in [0.25, 0.3) is 0 Å². The number of ether oxygens (including phenoxy) is 1. The largest absolute Gasteiger partial charge is 0.454 e. The molecule has 21 heavy (non-hydrogen) atoms. The third kappa shape index (κ3) is 4.94. The molecule has 0 fully saturated rings. The van der Waals surface area contributed by atoms with Gasteiger partial charge in [0.2, 0.25) is 5.95 Å². The number of aromatic nitrogens is 3. The molecule has 2 rings (SSSR count). The van der Waals surface area contributed by atoms with Crippen LogP contribution in [-0.4, -0.2) is 33.2 Å². The highest BCUT2D eigenvalue weighted by atomic mass is 16.5. The molecule has 0 aliphatic heterocycles. The number of carbonyl (C=O) groups is 2. The standard InChI is InChI=1S/C13H15N5O3/c14-13-16-9-18(17-13)7-12(20)21-8-11(19)15-6-10-4-2-1-3-5-10/h1-5,9H,6-8H2,(H2,14,17)(H,15,19). The van der Waals surface area contributed by atoms with E-state index in [2.05, 4.69) is 15.4 Å². The Kier molecular flexibility index (Phi) is 4.86. The van der Waals surface area contributed by atoms with Crippen molar-refractivity contribution < 1.29 is 14.3 Å². The first kappa shape index (κ1) is 14.5. The third-order valence-corrected chi connectivity index (χ3v) is 2.54. The van der Waals surface area contributed by atoms with Crippen LogP contribution >= 0.6 is 0 Å². The number of nitrogens with one attached hydrogen (secondary N) is 1. The zero-order chi connectivity index (χ0) is 15.1. The number of anilines is 1. The van der Waals surface area contributed by atoms with Crippen molar-refractivity contribution in [1.82, 2.24) is 20.1 Å². The highest BCUT2D eigenvalue weighted by Crippen LogP contribution is 1.97. The summed E-state index contributed by atoms with van der Waals surface area (Å²) >= 11 is 0. The van der Waals surface area contributed by atoms with Crippen molar-refractivity contribution in [3.8, 4) is 0 Å². The van der Waals surface area contributed by atoms with Crippen LogP contribution in [-0.2, 0) is 27.4 Å². The summed E-state index contributed by atoms with van der Waals surface area (Å²) in [6.07, 6.45) is 1.31. The maximum atomic E-state index is 11.5. The number of esters is 1. The Morgan fingerprint density at radius 2 is 2.05 bits per heavy atom. The van der Waals surface area contributed by atoms with Crippen LogP contribution in [0.15, 0.2) is 36.7 Å². The van der Waals surface area contributed by atoms with Crippen molar-refractivity contribution in [1.29, 1.82) is 0 Å². The summed E-state index contributed by atoms with van der Waals surface area (Å²) in [6.45, 7) is -0.0944. The normalized spacial score (nSPS) is 10.1. The van der Waals surface area contributed by atoms with Crippen LogP contribution in [0.2, 0.25) is 0 Å². The van der Waals surface area contributed by atoms with Crippen LogP contribution < -0.4 is 11.1 Å². The second kappa shape index (κ2) is 7.04. The number of amides is 1. The maximum absolute atomic E-state index is 11.5. The van der Waals surface area contributed by atoms with Crippen LogP contribution in [0.1, 0.15) is 5.56 Å². The van der Waals surface area contributed by atoms with Gasteiger partial charge in [0.05, 0.1) is 0 Å². The van der Waals surface area contributed by atoms with E-state index in [0.717, 1.165) is 5.56 Å². The zero-order valence-corrected chi connectivity index (χ0v) is 11.2. The minimum absolute atomic E-state index is 0.0726. The summed E-state index contributed by atoms with van der Waals surface area (Å²) in [6, 6.07) is 9.43.